The number of hydrogen-bond donors (Lipinski definition) is 1. The Bertz CT molecular complexity index is 428. The second kappa shape index (κ2) is 5.17. The molecule has 0 bridgehead atoms. The van der Waals surface area contributed by atoms with E-state index in [1.807, 2.05) is 0 Å². The monoisotopic (exact) mass is 280 g/mol. The third-order valence-electron chi connectivity index (χ3n) is 2.48. The van der Waals surface area contributed by atoms with Gasteiger partial charge >= 0.3 is 5.97 Å². The number of hydrogen-bond acceptors (Lipinski definition) is 3. The molecule has 16 heavy (non-hydrogen) atoms. The molecule has 3 nitrogen and oxygen atoms in total. The van der Waals surface area contributed by atoms with Crippen molar-refractivity contribution in [2.45, 2.75) is 13.8 Å². The van der Waals surface area contributed by atoms with E-state index >= 15 is 0 Å². The van der Waals surface area contributed by atoms with Gasteiger partial charge in [0.1, 0.15) is 4.34 Å². The van der Waals surface area contributed by atoms with E-state index in [2.05, 4.69) is 0 Å². The second-order valence-electron chi connectivity index (χ2n) is 3.52. The van der Waals surface area contributed by atoms with E-state index < -0.39 is 17.8 Å². The molecule has 1 heterocycles. The van der Waals surface area contributed by atoms with Gasteiger partial charge in [0.2, 0.25) is 0 Å². The maximum absolute atomic E-state index is 11.9. The molecule has 0 aromatic carbocycles. The average molecular weight is 281 g/mol. The SMILES string of the molecule is CC(C(=O)O)C(C)C(=O)c1cc(Cl)sc1Cl. The smallest absolute Gasteiger partial charge is 0.306 e. The van der Waals surface area contributed by atoms with Gasteiger partial charge in [-0.25, -0.2) is 0 Å². The Morgan fingerprint density at radius 3 is 2.25 bits per heavy atom. The number of rotatable bonds is 4. The normalized spacial score (nSPS) is 14.5. The van der Waals surface area contributed by atoms with Gasteiger partial charge in [0.25, 0.3) is 0 Å². The zero-order chi connectivity index (χ0) is 12.5. The van der Waals surface area contributed by atoms with Crippen molar-refractivity contribution in [3.05, 3.63) is 20.3 Å². The molecular formula is C10H10Cl2O3S. The second-order valence-corrected chi connectivity index (χ2v) is 5.80. The largest absolute Gasteiger partial charge is 0.481 e. The van der Waals surface area contributed by atoms with E-state index in [9.17, 15) is 9.59 Å². The molecule has 2 atom stereocenters. The summed E-state index contributed by atoms with van der Waals surface area (Å²) in [5.41, 5.74) is 0.303. The number of Topliss-reactive ketones (excluding diaryl/α,β-unsaturated/α-hetero) is 1. The number of carbonyl (C=O) groups excluding carboxylic acids is 1. The third-order valence-corrected chi connectivity index (χ3v) is 3.96. The molecule has 0 aliphatic heterocycles. The van der Waals surface area contributed by atoms with E-state index in [0.717, 1.165) is 11.3 Å². The van der Waals surface area contributed by atoms with Crippen LogP contribution in [0.4, 0.5) is 0 Å². The van der Waals surface area contributed by atoms with Crippen molar-refractivity contribution in [1.82, 2.24) is 0 Å². The Labute approximate surface area is 107 Å². The first kappa shape index (κ1) is 13.5. The summed E-state index contributed by atoms with van der Waals surface area (Å²) in [7, 11) is 0. The zero-order valence-electron chi connectivity index (χ0n) is 8.66. The van der Waals surface area contributed by atoms with E-state index in [0.29, 0.717) is 14.2 Å². The molecule has 0 amide bonds. The van der Waals surface area contributed by atoms with Crippen molar-refractivity contribution in [3.63, 3.8) is 0 Å². The summed E-state index contributed by atoms with van der Waals surface area (Å²) in [6, 6.07) is 1.47. The molecule has 2 unspecified atom stereocenters. The molecule has 0 radical (unpaired) electrons. The summed E-state index contributed by atoms with van der Waals surface area (Å²) in [6.45, 7) is 3.07. The highest BCUT2D eigenvalue weighted by Gasteiger charge is 2.28. The molecule has 0 aliphatic rings. The molecule has 1 rings (SSSR count). The molecular weight excluding hydrogens is 271 g/mol. The third kappa shape index (κ3) is 2.75. The fourth-order valence-electron chi connectivity index (χ4n) is 1.19. The summed E-state index contributed by atoms with van der Waals surface area (Å²) in [4.78, 5) is 22.7. The zero-order valence-corrected chi connectivity index (χ0v) is 11.0. The van der Waals surface area contributed by atoms with Gasteiger partial charge in [-0.05, 0) is 6.07 Å². The molecule has 1 aromatic rings. The van der Waals surface area contributed by atoms with E-state index in [4.69, 9.17) is 28.3 Å². The molecule has 1 N–H and O–H groups in total. The van der Waals surface area contributed by atoms with Crippen LogP contribution in [0.2, 0.25) is 8.67 Å². The lowest BCUT2D eigenvalue weighted by atomic mass is 9.89. The minimum atomic E-state index is -1.00. The lowest BCUT2D eigenvalue weighted by molar-refractivity contribution is -0.142. The van der Waals surface area contributed by atoms with Crippen LogP contribution in [0, 0.1) is 11.8 Å². The first-order valence-corrected chi connectivity index (χ1v) is 6.13. The van der Waals surface area contributed by atoms with Gasteiger partial charge < -0.3 is 5.11 Å². The van der Waals surface area contributed by atoms with Gasteiger partial charge in [0, 0.05) is 11.5 Å². The van der Waals surface area contributed by atoms with Crippen molar-refractivity contribution in [2.75, 3.05) is 0 Å². The molecule has 6 heteroatoms. The van der Waals surface area contributed by atoms with Crippen LogP contribution >= 0.6 is 34.5 Å². The topological polar surface area (TPSA) is 54.4 Å². The van der Waals surface area contributed by atoms with Crippen LogP contribution in [0.1, 0.15) is 24.2 Å². The van der Waals surface area contributed by atoms with Gasteiger partial charge in [-0.2, -0.15) is 0 Å². The Balaban J connectivity index is 2.94. The van der Waals surface area contributed by atoms with E-state index in [-0.39, 0.29) is 5.78 Å². The number of thiophene rings is 1. The minimum Gasteiger partial charge on any atom is -0.481 e. The van der Waals surface area contributed by atoms with Crippen molar-refractivity contribution in [3.8, 4) is 0 Å². The molecule has 0 fully saturated rings. The molecule has 0 spiro atoms. The Morgan fingerprint density at radius 2 is 1.88 bits per heavy atom. The van der Waals surface area contributed by atoms with Gasteiger partial charge in [-0.3, -0.25) is 9.59 Å². The summed E-state index contributed by atoms with van der Waals surface area (Å²) in [5, 5.41) is 8.81. The predicted octanol–water partition coefficient (Wildman–Crippen LogP) is 3.59. The maximum atomic E-state index is 11.9. The number of carboxylic acids is 1. The first-order valence-electron chi connectivity index (χ1n) is 4.56. The van der Waals surface area contributed by atoms with Crippen LogP contribution < -0.4 is 0 Å². The Hall–Kier alpha value is -0.580. The average Bonchev–Trinajstić information content (AvgIpc) is 2.54. The fourth-order valence-corrected chi connectivity index (χ4v) is 2.67. The maximum Gasteiger partial charge on any atom is 0.306 e. The lowest BCUT2D eigenvalue weighted by Crippen LogP contribution is -2.25. The highest BCUT2D eigenvalue weighted by Crippen LogP contribution is 2.33. The number of carbonyl (C=O) groups is 2. The number of ketones is 1. The van der Waals surface area contributed by atoms with Crippen molar-refractivity contribution in [2.24, 2.45) is 11.8 Å². The number of aliphatic carboxylic acids is 1. The van der Waals surface area contributed by atoms with Crippen molar-refractivity contribution in [1.29, 1.82) is 0 Å². The van der Waals surface area contributed by atoms with Crippen LogP contribution in [-0.4, -0.2) is 16.9 Å². The van der Waals surface area contributed by atoms with Crippen LogP contribution in [0.25, 0.3) is 0 Å². The van der Waals surface area contributed by atoms with Crippen molar-refractivity contribution < 1.29 is 14.7 Å². The quantitative estimate of drug-likeness (QED) is 0.858. The molecule has 0 saturated heterocycles. The fraction of sp³-hybridized carbons (Fsp3) is 0.400. The Kier molecular flexibility index (Phi) is 4.35. The van der Waals surface area contributed by atoms with E-state index in [1.54, 1.807) is 6.92 Å². The summed E-state index contributed by atoms with van der Waals surface area (Å²) in [6.07, 6.45) is 0. The first-order chi connectivity index (χ1) is 7.34. The molecule has 0 saturated carbocycles. The van der Waals surface area contributed by atoms with E-state index in [1.165, 1.54) is 13.0 Å². The highest BCUT2D eigenvalue weighted by molar-refractivity contribution is 7.20. The number of halogens is 2. The lowest BCUT2D eigenvalue weighted by Gasteiger charge is -2.13. The van der Waals surface area contributed by atoms with Gasteiger partial charge in [-0.1, -0.05) is 37.0 Å². The van der Waals surface area contributed by atoms with Crippen LogP contribution in [0.5, 0.6) is 0 Å². The van der Waals surface area contributed by atoms with Gasteiger partial charge in [-0.15, -0.1) is 11.3 Å². The van der Waals surface area contributed by atoms with Crippen molar-refractivity contribution >= 4 is 46.3 Å². The Morgan fingerprint density at radius 1 is 1.31 bits per heavy atom. The molecule has 88 valence electrons. The minimum absolute atomic E-state index is 0.289. The van der Waals surface area contributed by atoms with Gasteiger partial charge in [0.15, 0.2) is 5.78 Å². The van der Waals surface area contributed by atoms with Crippen LogP contribution in [-0.2, 0) is 4.79 Å². The molecule has 1 aromatic heterocycles. The van der Waals surface area contributed by atoms with Crippen LogP contribution in [0.15, 0.2) is 6.07 Å². The predicted molar refractivity (Wildman–Crippen MR) is 64.6 cm³/mol. The molecule has 0 aliphatic carbocycles. The summed E-state index contributed by atoms with van der Waals surface area (Å²) >= 11 is 12.7. The van der Waals surface area contributed by atoms with Gasteiger partial charge in [0.05, 0.1) is 10.3 Å². The standard InChI is InChI=1S/C10H10Cl2O3S/c1-4(5(2)10(14)15)8(13)6-3-7(11)16-9(6)12/h3-5H,1-2H3,(H,14,15). The number of carboxylic acid groups (broad SMARTS) is 1. The summed E-state index contributed by atoms with van der Waals surface area (Å²) in [5.74, 6) is -2.66. The summed E-state index contributed by atoms with van der Waals surface area (Å²) < 4.78 is 0.725. The van der Waals surface area contributed by atoms with Crippen LogP contribution in [0.3, 0.4) is 0 Å². The highest BCUT2D eigenvalue weighted by atomic mass is 35.5.